The first-order chi connectivity index (χ1) is 10.0. The van der Waals surface area contributed by atoms with Crippen molar-refractivity contribution in [1.82, 2.24) is 5.32 Å². The molecule has 1 aromatic carbocycles. The predicted molar refractivity (Wildman–Crippen MR) is 90.3 cm³/mol. The normalized spacial score (nSPS) is 16.6. The standard InChI is InChI=1S/C18H30N2O/c1-15(2)14-19-12-11-18(9-6-10-18)21-17-8-5-7-16(13-17)20(3)4/h5,7-8,13,15,19H,6,9-12,14H2,1-4H3. The molecule has 3 heteroatoms. The summed E-state index contributed by atoms with van der Waals surface area (Å²) in [5, 5.41) is 3.54. The third-order valence-corrected chi connectivity index (χ3v) is 4.24. The molecule has 0 bridgehead atoms. The Bertz CT molecular complexity index is 439. The Balaban J connectivity index is 1.90. The molecule has 21 heavy (non-hydrogen) atoms. The Kier molecular flexibility index (Phi) is 5.51. The molecule has 0 atom stereocenters. The topological polar surface area (TPSA) is 24.5 Å². The van der Waals surface area contributed by atoms with Crippen molar-refractivity contribution in [1.29, 1.82) is 0 Å². The highest BCUT2D eigenvalue weighted by Crippen LogP contribution is 2.39. The fraction of sp³-hybridized carbons (Fsp3) is 0.667. The van der Waals surface area contributed by atoms with Crippen molar-refractivity contribution in [2.24, 2.45) is 5.92 Å². The van der Waals surface area contributed by atoms with Crippen molar-refractivity contribution in [3.8, 4) is 5.75 Å². The average Bonchev–Trinajstić information content (AvgIpc) is 2.40. The molecule has 0 unspecified atom stereocenters. The summed E-state index contributed by atoms with van der Waals surface area (Å²) in [5.41, 5.74) is 1.26. The summed E-state index contributed by atoms with van der Waals surface area (Å²) in [4.78, 5) is 2.12. The molecule has 2 rings (SSSR count). The van der Waals surface area contributed by atoms with E-state index in [1.807, 2.05) is 0 Å². The lowest BCUT2D eigenvalue weighted by atomic mass is 9.77. The van der Waals surface area contributed by atoms with Crippen molar-refractivity contribution in [3.05, 3.63) is 24.3 Å². The van der Waals surface area contributed by atoms with Crippen LogP contribution in [0.4, 0.5) is 5.69 Å². The first-order valence-corrected chi connectivity index (χ1v) is 8.18. The SMILES string of the molecule is CC(C)CNCCC1(Oc2cccc(N(C)C)c2)CCC1. The molecule has 118 valence electrons. The summed E-state index contributed by atoms with van der Waals surface area (Å²) in [6.07, 6.45) is 4.76. The van der Waals surface area contributed by atoms with Crippen molar-refractivity contribution >= 4 is 5.69 Å². The van der Waals surface area contributed by atoms with Gasteiger partial charge in [0, 0.05) is 25.8 Å². The smallest absolute Gasteiger partial charge is 0.122 e. The van der Waals surface area contributed by atoms with Gasteiger partial charge in [-0.1, -0.05) is 19.9 Å². The molecular formula is C18H30N2O. The Morgan fingerprint density at radius 1 is 1.29 bits per heavy atom. The maximum atomic E-state index is 6.37. The summed E-state index contributed by atoms with van der Waals surface area (Å²) in [6.45, 7) is 6.63. The van der Waals surface area contributed by atoms with Gasteiger partial charge in [-0.15, -0.1) is 0 Å². The van der Waals surface area contributed by atoms with E-state index < -0.39 is 0 Å². The highest BCUT2D eigenvalue weighted by atomic mass is 16.5. The molecule has 1 aliphatic carbocycles. The number of ether oxygens (including phenoxy) is 1. The van der Waals surface area contributed by atoms with Crippen LogP contribution in [0.25, 0.3) is 0 Å². The fourth-order valence-electron chi connectivity index (χ4n) is 2.76. The van der Waals surface area contributed by atoms with Gasteiger partial charge >= 0.3 is 0 Å². The van der Waals surface area contributed by atoms with Crippen molar-refractivity contribution in [2.45, 2.75) is 45.1 Å². The lowest BCUT2D eigenvalue weighted by Gasteiger charge is -2.42. The second kappa shape index (κ2) is 7.17. The van der Waals surface area contributed by atoms with Crippen LogP contribution in [0.2, 0.25) is 0 Å². The Hall–Kier alpha value is -1.22. The molecule has 1 N–H and O–H groups in total. The van der Waals surface area contributed by atoms with Gasteiger partial charge in [-0.25, -0.2) is 0 Å². The van der Waals surface area contributed by atoms with E-state index in [4.69, 9.17) is 4.74 Å². The second-order valence-electron chi connectivity index (χ2n) is 6.88. The van der Waals surface area contributed by atoms with Gasteiger partial charge in [0.2, 0.25) is 0 Å². The molecule has 0 aromatic heterocycles. The van der Waals surface area contributed by atoms with Gasteiger partial charge in [-0.3, -0.25) is 0 Å². The van der Waals surface area contributed by atoms with E-state index in [9.17, 15) is 0 Å². The van der Waals surface area contributed by atoms with E-state index in [-0.39, 0.29) is 5.60 Å². The van der Waals surface area contributed by atoms with E-state index >= 15 is 0 Å². The molecule has 0 aliphatic heterocycles. The van der Waals surface area contributed by atoms with Crippen LogP contribution >= 0.6 is 0 Å². The summed E-state index contributed by atoms with van der Waals surface area (Å²) in [5.74, 6) is 1.71. The minimum absolute atomic E-state index is 0.0644. The largest absolute Gasteiger partial charge is 0.487 e. The van der Waals surface area contributed by atoms with E-state index in [1.54, 1.807) is 0 Å². The molecule has 1 aromatic rings. The molecule has 1 saturated carbocycles. The zero-order chi connectivity index (χ0) is 15.3. The van der Waals surface area contributed by atoms with Gasteiger partial charge < -0.3 is 15.0 Å². The predicted octanol–water partition coefficient (Wildman–Crippen LogP) is 3.69. The number of hydrogen-bond acceptors (Lipinski definition) is 3. The summed E-state index contributed by atoms with van der Waals surface area (Å²) >= 11 is 0. The zero-order valence-corrected chi connectivity index (χ0v) is 14.0. The monoisotopic (exact) mass is 290 g/mol. The third kappa shape index (κ3) is 4.63. The molecular weight excluding hydrogens is 260 g/mol. The number of rotatable bonds is 8. The van der Waals surface area contributed by atoms with Crippen LogP contribution in [-0.4, -0.2) is 32.8 Å². The summed E-state index contributed by atoms with van der Waals surface area (Å²) in [6, 6.07) is 8.41. The summed E-state index contributed by atoms with van der Waals surface area (Å²) < 4.78 is 6.37. The quantitative estimate of drug-likeness (QED) is 0.739. The number of anilines is 1. The summed E-state index contributed by atoms with van der Waals surface area (Å²) in [7, 11) is 4.13. The lowest BCUT2D eigenvalue weighted by Crippen LogP contribution is -2.45. The van der Waals surface area contributed by atoms with E-state index in [0.717, 1.165) is 25.3 Å². The van der Waals surface area contributed by atoms with E-state index in [1.165, 1.54) is 24.9 Å². The van der Waals surface area contributed by atoms with E-state index in [2.05, 4.69) is 62.4 Å². The minimum Gasteiger partial charge on any atom is -0.487 e. The number of benzene rings is 1. The van der Waals surface area contributed by atoms with Crippen molar-refractivity contribution < 1.29 is 4.74 Å². The van der Waals surface area contributed by atoms with E-state index in [0.29, 0.717) is 5.92 Å². The third-order valence-electron chi connectivity index (χ3n) is 4.24. The van der Waals surface area contributed by atoms with Crippen LogP contribution < -0.4 is 15.0 Å². The zero-order valence-electron chi connectivity index (χ0n) is 14.0. The highest BCUT2D eigenvalue weighted by Gasteiger charge is 2.38. The van der Waals surface area contributed by atoms with Gasteiger partial charge in [0.05, 0.1) is 0 Å². The Morgan fingerprint density at radius 2 is 2.05 bits per heavy atom. The maximum absolute atomic E-state index is 6.37. The van der Waals surface area contributed by atoms with Gasteiger partial charge in [-0.2, -0.15) is 0 Å². The van der Waals surface area contributed by atoms with Crippen LogP contribution in [-0.2, 0) is 0 Å². The highest BCUT2D eigenvalue weighted by molar-refractivity contribution is 5.49. The fourth-order valence-corrected chi connectivity index (χ4v) is 2.76. The number of nitrogens with zero attached hydrogens (tertiary/aromatic N) is 1. The van der Waals surface area contributed by atoms with Crippen molar-refractivity contribution in [3.63, 3.8) is 0 Å². The van der Waals surface area contributed by atoms with Gasteiger partial charge in [0.15, 0.2) is 0 Å². The first kappa shape index (κ1) is 16.2. The van der Waals surface area contributed by atoms with Gasteiger partial charge in [0.1, 0.15) is 11.4 Å². The first-order valence-electron chi connectivity index (χ1n) is 8.18. The van der Waals surface area contributed by atoms with Crippen LogP contribution in [0, 0.1) is 5.92 Å². The van der Waals surface area contributed by atoms with Crippen LogP contribution in [0.1, 0.15) is 39.5 Å². The van der Waals surface area contributed by atoms with Gasteiger partial charge in [0.25, 0.3) is 0 Å². The lowest BCUT2D eigenvalue weighted by molar-refractivity contribution is -0.0142. The molecule has 0 heterocycles. The molecule has 0 spiro atoms. The van der Waals surface area contributed by atoms with Crippen molar-refractivity contribution in [2.75, 3.05) is 32.1 Å². The molecule has 3 nitrogen and oxygen atoms in total. The van der Waals surface area contributed by atoms with Crippen LogP contribution in [0.3, 0.4) is 0 Å². The maximum Gasteiger partial charge on any atom is 0.122 e. The Labute approximate surface area is 129 Å². The molecule has 1 aliphatic rings. The molecule has 0 radical (unpaired) electrons. The van der Waals surface area contributed by atoms with Crippen LogP contribution in [0.15, 0.2) is 24.3 Å². The average molecular weight is 290 g/mol. The molecule has 0 amide bonds. The van der Waals surface area contributed by atoms with Crippen LogP contribution in [0.5, 0.6) is 5.75 Å². The number of hydrogen-bond donors (Lipinski definition) is 1. The minimum atomic E-state index is 0.0644. The van der Waals surface area contributed by atoms with Gasteiger partial charge in [-0.05, 0) is 56.8 Å². The Morgan fingerprint density at radius 3 is 2.62 bits per heavy atom. The molecule has 1 fully saturated rings. The number of nitrogens with one attached hydrogen (secondary N) is 1. The second-order valence-corrected chi connectivity index (χ2v) is 6.88. The molecule has 0 saturated heterocycles.